The maximum Gasteiger partial charge on any atom is 0.234 e. The SMILES string of the molecule is Cc1nn(C)c(C)c1NC(=O)CSc1nnc(N2CCCCC2)n1-c1ccccc1. The van der Waals surface area contributed by atoms with E-state index in [4.69, 9.17) is 0 Å². The van der Waals surface area contributed by atoms with Gasteiger partial charge in [0.2, 0.25) is 11.9 Å². The van der Waals surface area contributed by atoms with Crippen LogP contribution in [0.1, 0.15) is 30.7 Å². The van der Waals surface area contributed by atoms with Crippen molar-refractivity contribution in [1.82, 2.24) is 24.5 Å². The Labute approximate surface area is 180 Å². The number of hydrogen-bond donors (Lipinski definition) is 1. The van der Waals surface area contributed by atoms with Crippen molar-refractivity contribution in [2.24, 2.45) is 7.05 Å². The normalized spacial score (nSPS) is 14.2. The Morgan fingerprint density at radius 3 is 2.50 bits per heavy atom. The Bertz CT molecular complexity index is 1020. The maximum absolute atomic E-state index is 12.6. The predicted molar refractivity (Wildman–Crippen MR) is 119 cm³/mol. The van der Waals surface area contributed by atoms with Gasteiger partial charge in [0.25, 0.3) is 0 Å². The lowest BCUT2D eigenvalue weighted by Crippen LogP contribution is -2.31. The number of benzene rings is 1. The van der Waals surface area contributed by atoms with Crippen LogP contribution >= 0.6 is 11.8 Å². The molecule has 1 N–H and O–H groups in total. The van der Waals surface area contributed by atoms with E-state index in [2.05, 4.69) is 30.1 Å². The van der Waals surface area contributed by atoms with Gasteiger partial charge in [-0.05, 0) is 45.2 Å². The molecule has 0 saturated carbocycles. The van der Waals surface area contributed by atoms with E-state index in [1.165, 1.54) is 18.2 Å². The zero-order valence-corrected chi connectivity index (χ0v) is 18.4. The average molecular weight is 426 g/mol. The first kappa shape index (κ1) is 20.5. The van der Waals surface area contributed by atoms with E-state index in [-0.39, 0.29) is 11.7 Å². The number of rotatable bonds is 6. The molecule has 1 aliphatic heterocycles. The highest BCUT2D eigenvalue weighted by Crippen LogP contribution is 2.28. The van der Waals surface area contributed by atoms with E-state index in [0.717, 1.165) is 59.8 Å². The first-order valence-corrected chi connectivity index (χ1v) is 11.2. The van der Waals surface area contributed by atoms with Gasteiger partial charge in [0, 0.05) is 20.1 Å². The first-order valence-electron chi connectivity index (χ1n) is 10.2. The van der Waals surface area contributed by atoms with Crippen molar-refractivity contribution in [2.75, 3.05) is 29.1 Å². The molecule has 3 heterocycles. The third-order valence-electron chi connectivity index (χ3n) is 5.38. The van der Waals surface area contributed by atoms with Crippen LogP contribution in [-0.4, -0.2) is 49.3 Å². The summed E-state index contributed by atoms with van der Waals surface area (Å²) in [6.07, 6.45) is 3.58. The monoisotopic (exact) mass is 425 g/mol. The van der Waals surface area contributed by atoms with Crippen LogP contribution in [0.4, 0.5) is 11.6 Å². The molecule has 1 fully saturated rings. The third kappa shape index (κ3) is 4.21. The Morgan fingerprint density at radius 2 is 1.83 bits per heavy atom. The van der Waals surface area contributed by atoms with Crippen LogP contribution in [0.5, 0.6) is 0 Å². The Morgan fingerprint density at radius 1 is 1.10 bits per heavy atom. The molecular formula is C21H27N7OS. The van der Waals surface area contributed by atoms with Gasteiger partial charge in [0.05, 0.1) is 28.5 Å². The first-order chi connectivity index (χ1) is 14.5. The number of piperidine rings is 1. The smallest absolute Gasteiger partial charge is 0.234 e. The van der Waals surface area contributed by atoms with Crippen LogP contribution in [0.15, 0.2) is 35.5 Å². The van der Waals surface area contributed by atoms with Crippen LogP contribution in [-0.2, 0) is 11.8 Å². The lowest BCUT2D eigenvalue weighted by atomic mass is 10.1. The molecular weight excluding hydrogens is 398 g/mol. The van der Waals surface area contributed by atoms with Crippen LogP contribution < -0.4 is 10.2 Å². The Kier molecular flexibility index (Phi) is 6.08. The number of hydrogen-bond acceptors (Lipinski definition) is 6. The molecule has 8 nitrogen and oxygen atoms in total. The largest absolute Gasteiger partial charge is 0.341 e. The average Bonchev–Trinajstić information content (AvgIpc) is 3.30. The van der Waals surface area contributed by atoms with Gasteiger partial charge < -0.3 is 10.2 Å². The van der Waals surface area contributed by atoms with Crippen molar-refractivity contribution in [1.29, 1.82) is 0 Å². The summed E-state index contributed by atoms with van der Waals surface area (Å²) >= 11 is 1.40. The second kappa shape index (κ2) is 8.91. The molecule has 0 aliphatic carbocycles. The van der Waals surface area contributed by atoms with Gasteiger partial charge in [-0.3, -0.25) is 14.0 Å². The fraction of sp³-hybridized carbons (Fsp3) is 0.429. The second-order valence-electron chi connectivity index (χ2n) is 7.51. The summed E-state index contributed by atoms with van der Waals surface area (Å²) in [6.45, 7) is 5.80. The van der Waals surface area contributed by atoms with E-state index in [0.29, 0.717) is 0 Å². The van der Waals surface area contributed by atoms with Crippen molar-refractivity contribution in [2.45, 2.75) is 38.3 Å². The van der Waals surface area contributed by atoms with Crippen molar-refractivity contribution < 1.29 is 4.79 Å². The topological polar surface area (TPSA) is 80.9 Å². The minimum Gasteiger partial charge on any atom is -0.341 e. The van der Waals surface area contributed by atoms with Gasteiger partial charge in [-0.2, -0.15) is 5.10 Å². The van der Waals surface area contributed by atoms with Crippen LogP contribution in [0.25, 0.3) is 5.69 Å². The number of aryl methyl sites for hydroxylation is 2. The lowest BCUT2D eigenvalue weighted by Gasteiger charge is -2.27. The summed E-state index contributed by atoms with van der Waals surface area (Å²) in [7, 11) is 1.87. The molecule has 0 bridgehead atoms. The molecule has 0 unspecified atom stereocenters. The molecule has 1 amide bonds. The molecule has 0 radical (unpaired) electrons. The number of anilines is 2. The molecule has 158 valence electrons. The third-order valence-corrected chi connectivity index (χ3v) is 6.30. The van der Waals surface area contributed by atoms with Crippen LogP contribution in [0, 0.1) is 13.8 Å². The van der Waals surface area contributed by atoms with E-state index in [9.17, 15) is 4.79 Å². The molecule has 4 rings (SSSR count). The summed E-state index contributed by atoms with van der Waals surface area (Å²) in [5, 5.41) is 17.0. The molecule has 9 heteroatoms. The zero-order chi connectivity index (χ0) is 21.1. The molecule has 30 heavy (non-hydrogen) atoms. The number of aromatic nitrogens is 5. The quantitative estimate of drug-likeness (QED) is 0.610. The molecule has 3 aromatic rings. The van der Waals surface area contributed by atoms with Gasteiger partial charge in [-0.1, -0.05) is 30.0 Å². The van der Waals surface area contributed by atoms with Crippen LogP contribution in [0.2, 0.25) is 0 Å². The van der Waals surface area contributed by atoms with Gasteiger partial charge in [-0.25, -0.2) is 0 Å². The maximum atomic E-state index is 12.6. The van der Waals surface area contributed by atoms with Crippen molar-refractivity contribution >= 4 is 29.3 Å². The number of carbonyl (C=O) groups excluding carboxylic acids is 1. The van der Waals surface area contributed by atoms with E-state index >= 15 is 0 Å². The van der Waals surface area contributed by atoms with Gasteiger partial charge in [0.1, 0.15) is 0 Å². The van der Waals surface area contributed by atoms with Crippen molar-refractivity contribution in [3.63, 3.8) is 0 Å². The minimum absolute atomic E-state index is 0.0821. The van der Waals surface area contributed by atoms with Crippen LogP contribution in [0.3, 0.4) is 0 Å². The molecule has 1 saturated heterocycles. The number of thioether (sulfide) groups is 1. The zero-order valence-electron chi connectivity index (χ0n) is 17.6. The molecule has 1 aliphatic rings. The summed E-state index contributed by atoms with van der Waals surface area (Å²) in [5.74, 6) is 1.02. The summed E-state index contributed by atoms with van der Waals surface area (Å²) in [4.78, 5) is 14.9. The number of amides is 1. The molecule has 2 aromatic heterocycles. The Hall–Kier alpha value is -2.81. The van der Waals surface area contributed by atoms with E-state index in [1.54, 1.807) is 4.68 Å². The fourth-order valence-electron chi connectivity index (χ4n) is 3.72. The highest BCUT2D eigenvalue weighted by atomic mass is 32.2. The second-order valence-corrected chi connectivity index (χ2v) is 8.45. The minimum atomic E-state index is -0.0821. The highest BCUT2D eigenvalue weighted by Gasteiger charge is 2.22. The van der Waals surface area contributed by atoms with Gasteiger partial charge in [0.15, 0.2) is 5.16 Å². The summed E-state index contributed by atoms with van der Waals surface area (Å²) < 4.78 is 3.83. The lowest BCUT2D eigenvalue weighted by molar-refractivity contribution is -0.113. The summed E-state index contributed by atoms with van der Waals surface area (Å²) in [5.41, 5.74) is 3.53. The Balaban J connectivity index is 1.53. The predicted octanol–water partition coefficient (Wildman–Crippen LogP) is 3.34. The molecule has 0 atom stereocenters. The molecule has 1 aromatic carbocycles. The van der Waals surface area contributed by atoms with E-state index in [1.807, 2.05) is 51.2 Å². The summed E-state index contributed by atoms with van der Waals surface area (Å²) in [6, 6.07) is 10.1. The number of para-hydroxylation sites is 1. The van der Waals surface area contributed by atoms with Gasteiger partial charge >= 0.3 is 0 Å². The van der Waals surface area contributed by atoms with E-state index < -0.39 is 0 Å². The molecule has 0 spiro atoms. The number of nitrogens with zero attached hydrogens (tertiary/aromatic N) is 6. The van der Waals surface area contributed by atoms with Crippen molar-refractivity contribution in [3.05, 3.63) is 41.7 Å². The van der Waals surface area contributed by atoms with Crippen molar-refractivity contribution in [3.8, 4) is 5.69 Å². The fourth-order valence-corrected chi connectivity index (χ4v) is 4.46. The van der Waals surface area contributed by atoms with Gasteiger partial charge in [-0.15, -0.1) is 10.2 Å². The number of carbonyl (C=O) groups is 1. The number of nitrogens with one attached hydrogen (secondary N) is 1. The standard InChI is InChI=1S/C21H27N7OS/c1-15-19(16(2)26(3)25-15)22-18(29)14-30-21-24-23-20(27-12-8-5-9-13-27)28(21)17-10-6-4-7-11-17/h4,6-7,10-11H,5,8-9,12-14H2,1-3H3,(H,22,29). The highest BCUT2D eigenvalue weighted by molar-refractivity contribution is 7.99.